The van der Waals surface area contributed by atoms with Crippen LogP contribution in [-0.2, 0) is 0 Å². The molecular formula is C37H42N2O4. The molecule has 4 aromatic rings. The highest BCUT2D eigenvalue weighted by Gasteiger charge is 2.47. The van der Waals surface area contributed by atoms with Crippen molar-refractivity contribution in [3.05, 3.63) is 77.4 Å². The SMILES string of the molecule is CCC(=O)c1c(-c2ccc(C)cc2)oc2cc(N(CC)CC)c(-c3cccc(C(=O)N[C@@H]4C5CCC(C5)[C@@H]4CO)c3)cc12. The lowest BCUT2D eigenvalue weighted by Gasteiger charge is -2.30. The Hall–Kier alpha value is -3.90. The highest BCUT2D eigenvalue weighted by molar-refractivity contribution is 6.13. The van der Waals surface area contributed by atoms with Crippen LogP contribution in [0, 0.1) is 24.7 Å². The Kier molecular flexibility index (Phi) is 8.15. The number of aliphatic hydroxyl groups excluding tert-OH is 1. The van der Waals surface area contributed by atoms with Gasteiger partial charge in [0, 0.05) is 71.9 Å². The van der Waals surface area contributed by atoms with E-state index in [4.69, 9.17) is 4.42 Å². The molecule has 2 bridgehead atoms. The summed E-state index contributed by atoms with van der Waals surface area (Å²) in [5, 5.41) is 14.1. The molecule has 2 N–H and O–H groups in total. The number of carbonyl (C=O) groups excluding carboxylic acids is 2. The molecule has 0 spiro atoms. The Labute approximate surface area is 254 Å². The van der Waals surface area contributed by atoms with Gasteiger partial charge in [0.25, 0.3) is 5.91 Å². The number of ketones is 1. The highest BCUT2D eigenvalue weighted by atomic mass is 16.3. The summed E-state index contributed by atoms with van der Waals surface area (Å²) < 4.78 is 6.47. The number of fused-ring (bicyclic) bond motifs is 3. The number of Topliss-reactive ketones (excluding diaryl/α,β-unsaturated/α-hetero) is 1. The summed E-state index contributed by atoms with van der Waals surface area (Å²) in [7, 11) is 0. The molecule has 0 saturated heterocycles. The van der Waals surface area contributed by atoms with Gasteiger partial charge in [0.15, 0.2) is 5.78 Å². The number of aryl methyl sites for hydroxylation is 1. The van der Waals surface area contributed by atoms with Crippen molar-refractivity contribution in [1.82, 2.24) is 5.32 Å². The second kappa shape index (κ2) is 12.0. The van der Waals surface area contributed by atoms with Crippen LogP contribution in [-0.4, -0.2) is 42.5 Å². The average molecular weight is 579 g/mol. The molecule has 0 aliphatic heterocycles. The zero-order chi connectivity index (χ0) is 30.2. The summed E-state index contributed by atoms with van der Waals surface area (Å²) in [6.45, 7) is 9.89. The predicted octanol–water partition coefficient (Wildman–Crippen LogP) is 7.65. The Morgan fingerprint density at radius 3 is 2.40 bits per heavy atom. The van der Waals surface area contributed by atoms with Crippen molar-refractivity contribution >= 4 is 28.3 Å². The fourth-order valence-corrected chi connectivity index (χ4v) is 7.51. The van der Waals surface area contributed by atoms with Crippen LogP contribution >= 0.6 is 0 Å². The maximum Gasteiger partial charge on any atom is 0.251 e. The van der Waals surface area contributed by atoms with Crippen molar-refractivity contribution in [3.8, 4) is 22.5 Å². The fourth-order valence-electron chi connectivity index (χ4n) is 7.51. The van der Waals surface area contributed by atoms with Crippen LogP contribution in [0.15, 0.2) is 65.1 Å². The third-order valence-corrected chi connectivity index (χ3v) is 9.86. The molecule has 2 saturated carbocycles. The Morgan fingerprint density at radius 1 is 0.953 bits per heavy atom. The Morgan fingerprint density at radius 2 is 1.70 bits per heavy atom. The predicted molar refractivity (Wildman–Crippen MR) is 173 cm³/mol. The molecule has 0 radical (unpaired) electrons. The zero-order valence-corrected chi connectivity index (χ0v) is 25.7. The number of rotatable bonds is 10. The molecule has 1 heterocycles. The van der Waals surface area contributed by atoms with E-state index in [1.807, 2.05) is 62.4 Å². The van der Waals surface area contributed by atoms with Crippen LogP contribution < -0.4 is 10.2 Å². The molecule has 2 aliphatic rings. The van der Waals surface area contributed by atoms with Gasteiger partial charge in [-0.3, -0.25) is 9.59 Å². The van der Waals surface area contributed by atoms with Crippen molar-refractivity contribution in [2.45, 2.75) is 59.4 Å². The number of anilines is 1. The van der Waals surface area contributed by atoms with E-state index in [9.17, 15) is 14.7 Å². The van der Waals surface area contributed by atoms with Gasteiger partial charge in [-0.2, -0.15) is 0 Å². The van der Waals surface area contributed by atoms with Crippen molar-refractivity contribution in [1.29, 1.82) is 0 Å². The molecule has 1 amide bonds. The number of benzene rings is 3. The molecule has 6 rings (SSSR count). The quantitative estimate of drug-likeness (QED) is 0.189. The lowest BCUT2D eigenvalue weighted by Crippen LogP contribution is -2.45. The zero-order valence-electron chi connectivity index (χ0n) is 25.7. The number of hydrogen-bond donors (Lipinski definition) is 2. The monoisotopic (exact) mass is 578 g/mol. The first-order valence-corrected chi connectivity index (χ1v) is 15.8. The number of furan rings is 1. The van der Waals surface area contributed by atoms with Crippen molar-refractivity contribution in [2.75, 3.05) is 24.6 Å². The van der Waals surface area contributed by atoms with E-state index in [1.54, 1.807) is 0 Å². The minimum atomic E-state index is -0.102. The Balaban J connectivity index is 1.45. The standard InChI is InChI=1S/C37H42N2O4/c1-5-32(41)34-29-19-28(31(39(6-2)7-3)20-33(29)43-36(34)23-13-11-22(4)12-14-23)24-9-8-10-27(18-24)37(42)38-35-26-16-15-25(17-26)30(35)21-40/h8-14,18-20,25-26,30,35,40H,5-7,15-17,21H2,1-4H3,(H,38,42)/t25?,26?,30-,35+/m0/s1. The smallest absolute Gasteiger partial charge is 0.251 e. The molecule has 43 heavy (non-hydrogen) atoms. The first-order chi connectivity index (χ1) is 20.9. The van der Waals surface area contributed by atoms with Gasteiger partial charge in [-0.05, 0) is 75.6 Å². The number of nitrogens with one attached hydrogen (secondary N) is 1. The van der Waals surface area contributed by atoms with Gasteiger partial charge in [-0.1, -0.05) is 48.9 Å². The van der Waals surface area contributed by atoms with Crippen LogP contribution in [0.25, 0.3) is 33.4 Å². The van der Waals surface area contributed by atoms with Gasteiger partial charge in [0.1, 0.15) is 11.3 Å². The summed E-state index contributed by atoms with van der Waals surface area (Å²) in [4.78, 5) is 29.2. The van der Waals surface area contributed by atoms with E-state index < -0.39 is 0 Å². The van der Waals surface area contributed by atoms with E-state index >= 15 is 0 Å². The van der Waals surface area contributed by atoms with Crippen LogP contribution in [0.4, 0.5) is 5.69 Å². The number of carbonyl (C=O) groups is 2. The van der Waals surface area contributed by atoms with E-state index in [2.05, 4.69) is 36.2 Å². The number of hydrogen-bond acceptors (Lipinski definition) is 5. The lowest BCUT2D eigenvalue weighted by atomic mass is 9.85. The van der Waals surface area contributed by atoms with Crippen LogP contribution in [0.2, 0.25) is 0 Å². The molecule has 6 nitrogen and oxygen atoms in total. The van der Waals surface area contributed by atoms with Gasteiger partial charge >= 0.3 is 0 Å². The van der Waals surface area contributed by atoms with E-state index in [-0.39, 0.29) is 30.3 Å². The fraction of sp³-hybridized carbons (Fsp3) is 0.405. The molecule has 2 unspecified atom stereocenters. The molecular weight excluding hydrogens is 536 g/mol. The van der Waals surface area contributed by atoms with Gasteiger partial charge in [0.05, 0.1) is 5.56 Å². The maximum absolute atomic E-state index is 13.6. The second-order valence-electron chi connectivity index (χ2n) is 12.2. The summed E-state index contributed by atoms with van der Waals surface area (Å²) in [5.74, 6) is 1.63. The first-order valence-electron chi connectivity index (χ1n) is 15.8. The molecule has 224 valence electrons. The summed E-state index contributed by atoms with van der Waals surface area (Å²) in [6.07, 6.45) is 3.73. The molecule has 6 heteroatoms. The van der Waals surface area contributed by atoms with Gasteiger partial charge in [-0.25, -0.2) is 0 Å². The topological polar surface area (TPSA) is 82.8 Å². The van der Waals surface area contributed by atoms with Crippen LogP contribution in [0.5, 0.6) is 0 Å². The maximum atomic E-state index is 13.6. The highest BCUT2D eigenvalue weighted by Crippen LogP contribution is 2.48. The largest absolute Gasteiger partial charge is 0.455 e. The number of nitrogens with zero attached hydrogens (tertiary/aromatic N) is 1. The van der Waals surface area contributed by atoms with E-state index in [0.717, 1.165) is 65.7 Å². The van der Waals surface area contributed by atoms with Gasteiger partial charge in [-0.15, -0.1) is 0 Å². The van der Waals surface area contributed by atoms with E-state index in [1.165, 1.54) is 0 Å². The minimum absolute atomic E-state index is 0.0243. The van der Waals surface area contributed by atoms with Crippen molar-refractivity contribution < 1.29 is 19.1 Å². The molecule has 4 atom stereocenters. The second-order valence-corrected chi connectivity index (χ2v) is 12.2. The first kappa shape index (κ1) is 29.2. The van der Waals surface area contributed by atoms with Crippen molar-refractivity contribution in [2.24, 2.45) is 17.8 Å². The molecule has 1 aromatic heterocycles. The lowest BCUT2D eigenvalue weighted by molar-refractivity contribution is 0.0861. The molecule has 3 aromatic carbocycles. The number of amides is 1. The molecule has 2 aliphatic carbocycles. The normalized spacial score (nSPS) is 21.0. The van der Waals surface area contributed by atoms with E-state index in [0.29, 0.717) is 40.7 Å². The third-order valence-electron chi connectivity index (χ3n) is 9.86. The third kappa shape index (κ3) is 5.27. The van der Waals surface area contributed by atoms with Crippen LogP contribution in [0.1, 0.15) is 72.7 Å². The number of aliphatic hydroxyl groups is 1. The summed E-state index contributed by atoms with van der Waals surface area (Å²) in [6, 6.07) is 20.0. The van der Waals surface area contributed by atoms with Crippen LogP contribution in [0.3, 0.4) is 0 Å². The summed E-state index contributed by atoms with van der Waals surface area (Å²) in [5.41, 5.74) is 6.78. The Bertz CT molecular complexity index is 1650. The molecule has 2 fully saturated rings. The summed E-state index contributed by atoms with van der Waals surface area (Å²) >= 11 is 0. The van der Waals surface area contributed by atoms with Crippen molar-refractivity contribution in [3.63, 3.8) is 0 Å². The van der Waals surface area contributed by atoms with Gasteiger partial charge < -0.3 is 19.7 Å². The average Bonchev–Trinajstić information content (AvgIpc) is 3.74. The minimum Gasteiger partial charge on any atom is -0.455 e. The van der Waals surface area contributed by atoms with Gasteiger partial charge in [0.2, 0.25) is 0 Å².